The van der Waals surface area contributed by atoms with Gasteiger partial charge < -0.3 is 9.80 Å². The second kappa shape index (κ2) is 8.39. The fraction of sp³-hybridized carbons (Fsp3) is 0.333. The Kier molecular flexibility index (Phi) is 5.67. The first kappa shape index (κ1) is 20.3. The highest BCUT2D eigenvalue weighted by Gasteiger charge is 2.28. The molecule has 0 N–H and O–H groups in total. The number of carbonyl (C=O) groups is 1. The van der Waals surface area contributed by atoms with Gasteiger partial charge in [-0.3, -0.25) is 4.79 Å². The van der Waals surface area contributed by atoms with Crippen molar-refractivity contribution in [3.8, 4) is 5.69 Å². The topological polar surface area (TPSA) is 67.2 Å². The van der Waals surface area contributed by atoms with Crippen molar-refractivity contribution in [2.24, 2.45) is 0 Å². The van der Waals surface area contributed by atoms with E-state index in [9.17, 15) is 9.18 Å². The average Bonchev–Trinajstić information content (AvgIpc) is 3.20. The largest absolute Gasteiger partial charge is 0.352 e. The Morgan fingerprint density at radius 3 is 2.43 bits per heavy atom. The minimum atomic E-state index is -0.310. The summed E-state index contributed by atoms with van der Waals surface area (Å²) in [5.74, 6) is 0.388. The molecule has 0 spiro atoms. The zero-order valence-electron chi connectivity index (χ0n) is 16.8. The monoisotopic (exact) mass is 428 g/mol. The summed E-state index contributed by atoms with van der Waals surface area (Å²) >= 11 is 6.20. The highest BCUT2D eigenvalue weighted by Crippen LogP contribution is 2.26. The smallest absolute Gasteiger partial charge is 0.257 e. The van der Waals surface area contributed by atoms with Crippen LogP contribution in [0.2, 0.25) is 5.02 Å². The molecule has 2 aromatic heterocycles. The predicted molar refractivity (Wildman–Crippen MR) is 113 cm³/mol. The Balaban J connectivity index is 1.54. The second-order valence-electron chi connectivity index (χ2n) is 7.46. The summed E-state index contributed by atoms with van der Waals surface area (Å²) in [6, 6.07) is 6.10. The van der Waals surface area contributed by atoms with Crippen molar-refractivity contribution in [1.82, 2.24) is 24.6 Å². The van der Waals surface area contributed by atoms with Gasteiger partial charge in [0.25, 0.3) is 5.91 Å². The van der Waals surface area contributed by atoms with E-state index in [1.807, 2.05) is 18.7 Å². The molecule has 1 aliphatic heterocycles. The summed E-state index contributed by atoms with van der Waals surface area (Å²) in [6.45, 7) is 6.40. The lowest BCUT2D eigenvalue weighted by atomic mass is 10.0. The van der Waals surface area contributed by atoms with Crippen molar-refractivity contribution in [2.75, 3.05) is 31.1 Å². The van der Waals surface area contributed by atoms with Gasteiger partial charge in [-0.1, -0.05) is 25.4 Å². The third-order valence-corrected chi connectivity index (χ3v) is 5.44. The van der Waals surface area contributed by atoms with Gasteiger partial charge in [-0.15, -0.1) is 0 Å². The molecule has 1 fully saturated rings. The van der Waals surface area contributed by atoms with Crippen molar-refractivity contribution < 1.29 is 9.18 Å². The standard InChI is InChI=1S/C21H22ClFN6O/c1-14(2)19-17(11-26-29(19)16-5-3-15(23)4-6-16)21(30)28-9-7-27(8-10-28)20-18(22)12-24-13-25-20/h3-6,11-14H,7-10H2,1-2H3. The van der Waals surface area contributed by atoms with E-state index < -0.39 is 0 Å². The first-order valence-electron chi connectivity index (χ1n) is 9.79. The normalized spacial score (nSPS) is 14.4. The summed E-state index contributed by atoms with van der Waals surface area (Å²) in [4.78, 5) is 25.3. The SMILES string of the molecule is CC(C)c1c(C(=O)N2CCN(c3ncncc3Cl)CC2)cnn1-c1ccc(F)cc1. The van der Waals surface area contributed by atoms with Crippen molar-refractivity contribution >= 4 is 23.3 Å². The van der Waals surface area contributed by atoms with E-state index in [-0.39, 0.29) is 17.6 Å². The van der Waals surface area contributed by atoms with Crippen LogP contribution in [0.25, 0.3) is 5.69 Å². The average molecular weight is 429 g/mol. The Hall–Kier alpha value is -3.00. The number of rotatable bonds is 4. The van der Waals surface area contributed by atoms with Crippen LogP contribution in [0, 0.1) is 5.82 Å². The number of amides is 1. The molecule has 4 rings (SSSR count). The molecule has 30 heavy (non-hydrogen) atoms. The molecule has 0 saturated carbocycles. The number of nitrogens with zero attached hydrogens (tertiary/aromatic N) is 6. The van der Waals surface area contributed by atoms with Crippen LogP contribution in [0.3, 0.4) is 0 Å². The Morgan fingerprint density at radius 2 is 1.80 bits per heavy atom. The summed E-state index contributed by atoms with van der Waals surface area (Å²) in [7, 11) is 0. The van der Waals surface area contributed by atoms with Crippen LogP contribution in [-0.4, -0.2) is 56.7 Å². The van der Waals surface area contributed by atoms with Crippen molar-refractivity contribution in [2.45, 2.75) is 19.8 Å². The molecule has 0 radical (unpaired) electrons. The van der Waals surface area contributed by atoms with Crippen LogP contribution in [0.15, 0.2) is 43.0 Å². The van der Waals surface area contributed by atoms with E-state index in [4.69, 9.17) is 11.6 Å². The number of piperazine rings is 1. The van der Waals surface area contributed by atoms with Crippen molar-refractivity contribution in [1.29, 1.82) is 0 Å². The highest BCUT2D eigenvalue weighted by atomic mass is 35.5. The molecule has 0 aliphatic carbocycles. The minimum Gasteiger partial charge on any atom is -0.352 e. The minimum absolute atomic E-state index is 0.0551. The van der Waals surface area contributed by atoms with Crippen LogP contribution in [-0.2, 0) is 0 Å². The quantitative estimate of drug-likeness (QED) is 0.635. The van der Waals surface area contributed by atoms with E-state index in [1.54, 1.807) is 29.2 Å². The molecule has 1 saturated heterocycles. The fourth-order valence-corrected chi connectivity index (χ4v) is 3.92. The summed E-state index contributed by atoms with van der Waals surface area (Å²) in [5, 5.41) is 4.93. The van der Waals surface area contributed by atoms with Gasteiger partial charge >= 0.3 is 0 Å². The Labute approximate surface area is 179 Å². The van der Waals surface area contributed by atoms with Gasteiger partial charge in [-0.05, 0) is 30.2 Å². The molecule has 1 amide bonds. The summed E-state index contributed by atoms with van der Waals surface area (Å²) in [5.41, 5.74) is 2.11. The molecule has 7 nitrogen and oxygen atoms in total. The van der Waals surface area contributed by atoms with Crippen molar-refractivity contribution in [3.05, 3.63) is 65.1 Å². The second-order valence-corrected chi connectivity index (χ2v) is 7.87. The summed E-state index contributed by atoms with van der Waals surface area (Å²) in [6.07, 6.45) is 4.65. The van der Waals surface area contributed by atoms with E-state index in [1.165, 1.54) is 18.5 Å². The predicted octanol–water partition coefficient (Wildman–Crippen LogP) is 3.54. The number of halogens is 2. The maximum absolute atomic E-state index is 13.3. The van der Waals surface area contributed by atoms with Crippen LogP contribution < -0.4 is 4.90 Å². The highest BCUT2D eigenvalue weighted by molar-refractivity contribution is 6.32. The van der Waals surface area contributed by atoms with Gasteiger partial charge in [0.1, 0.15) is 17.2 Å². The number of hydrogen-bond acceptors (Lipinski definition) is 5. The van der Waals surface area contributed by atoms with E-state index in [2.05, 4.69) is 20.0 Å². The number of anilines is 1. The van der Waals surface area contributed by atoms with Crippen molar-refractivity contribution in [3.63, 3.8) is 0 Å². The summed E-state index contributed by atoms with van der Waals surface area (Å²) < 4.78 is 15.0. The lowest BCUT2D eigenvalue weighted by Crippen LogP contribution is -2.49. The van der Waals surface area contributed by atoms with Crippen LogP contribution in [0.1, 0.15) is 35.8 Å². The van der Waals surface area contributed by atoms with Gasteiger partial charge in [-0.25, -0.2) is 19.0 Å². The molecule has 3 heterocycles. The molecule has 0 atom stereocenters. The molecule has 9 heteroatoms. The molecule has 3 aromatic rings. The Morgan fingerprint density at radius 1 is 1.10 bits per heavy atom. The van der Waals surface area contributed by atoms with Crippen LogP contribution in [0.4, 0.5) is 10.2 Å². The molecular formula is C21H22ClFN6O. The Bertz CT molecular complexity index is 1040. The number of aromatic nitrogens is 4. The maximum atomic E-state index is 13.3. The lowest BCUT2D eigenvalue weighted by Gasteiger charge is -2.35. The molecule has 0 unspecified atom stereocenters. The number of carbonyl (C=O) groups excluding carboxylic acids is 1. The first-order chi connectivity index (χ1) is 14.5. The van der Waals surface area contributed by atoms with E-state index in [0.29, 0.717) is 42.6 Å². The van der Waals surface area contributed by atoms with Crippen LogP contribution >= 0.6 is 11.6 Å². The number of hydrogen-bond donors (Lipinski definition) is 0. The maximum Gasteiger partial charge on any atom is 0.257 e. The molecule has 1 aliphatic rings. The third-order valence-electron chi connectivity index (χ3n) is 5.17. The van der Waals surface area contributed by atoms with Gasteiger partial charge in [0.15, 0.2) is 5.82 Å². The zero-order valence-corrected chi connectivity index (χ0v) is 17.6. The molecule has 0 bridgehead atoms. The van der Waals surface area contributed by atoms with Gasteiger partial charge in [0, 0.05) is 26.2 Å². The zero-order chi connectivity index (χ0) is 21.3. The lowest BCUT2D eigenvalue weighted by molar-refractivity contribution is 0.0745. The molecular weight excluding hydrogens is 407 g/mol. The first-order valence-corrected chi connectivity index (χ1v) is 10.2. The van der Waals surface area contributed by atoms with Gasteiger partial charge in [0.05, 0.1) is 29.3 Å². The molecule has 156 valence electrons. The van der Waals surface area contributed by atoms with Crippen LogP contribution in [0.5, 0.6) is 0 Å². The van der Waals surface area contributed by atoms with Gasteiger partial charge in [0.2, 0.25) is 0 Å². The molecule has 1 aromatic carbocycles. The third kappa shape index (κ3) is 3.87. The van der Waals surface area contributed by atoms with Gasteiger partial charge in [-0.2, -0.15) is 5.10 Å². The number of benzene rings is 1. The van der Waals surface area contributed by atoms with E-state index in [0.717, 1.165) is 11.4 Å². The van der Waals surface area contributed by atoms with E-state index >= 15 is 0 Å². The fourth-order valence-electron chi connectivity index (χ4n) is 3.70.